The van der Waals surface area contributed by atoms with Crippen LogP contribution in [0.25, 0.3) is 0 Å². The maximum absolute atomic E-state index is 9.17. The Morgan fingerprint density at radius 1 is 1.29 bits per heavy atom. The monoisotopic (exact) mass is 411 g/mol. The Morgan fingerprint density at radius 2 is 1.95 bits per heavy atom. The molecule has 0 aliphatic heterocycles. The van der Waals surface area contributed by atoms with Crippen LogP contribution in [0.15, 0.2) is 4.99 Å². The van der Waals surface area contributed by atoms with Crippen molar-refractivity contribution in [2.45, 2.75) is 65.3 Å². The Labute approximate surface area is 147 Å². The third kappa shape index (κ3) is 9.55. The van der Waals surface area contributed by atoms with E-state index in [-0.39, 0.29) is 30.6 Å². The van der Waals surface area contributed by atoms with Gasteiger partial charge in [-0.1, -0.05) is 26.7 Å². The number of rotatable bonds is 8. The van der Waals surface area contributed by atoms with E-state index in [4.69, 9.17) is 10.1 Å². The van der Waals surface area contributed by atoms with E-state index in [1.165, 1.54) is 25.7 Å². The lowest BCUT2D eigenvalue weighted by atomic mass is 9.94. The molecular weight excluding hydrogens is 377 g/mol. The quantitative estimate of drug-likeness (QED) is 0.327. The number of aliphatic imine (C=N–C) groups is 1. The van der Waals surface area contributed by atoms with Gasteiger partial charge in [-0.05, 0) is 44.4 Å². The average molecular weight is 411 g/mol. The zero-order valence-electron chi connectivity index (χ0n) is 13.9. The van der Waals surface area contributed by atoms with E-state index in [1.807, 2.05) is 0 Å². The molecule has 1 atom stereocenters. The van der Waals surface area contributed by atoms with Crippen LogP contribution in [0.4, 0.5) is 0 Å². The van der Waals surface area contributed by atoms with Gasteiger partial charge in [0.2, 0.25) is 0 Å². The van der Waals surface area contributed by atoms with Gasteiger partial charge in [0.1, 0.15) is 0 Å². The Bertz CT molecular complexity index is 279. The van der Waals surface area contributed by atoms with Gasteiger partial charge in [-0.15, -0.1) is 24.0 Å². The summed E-state index contributed by atoms with van der Waals surface area (Å²) in [6.45, 7) is 8.53. The van der Waals surface area contributed by atoms with Gasteiger partial charge in [0.25, 0.3) is 0 Å². The predicted molar refractivity (Wildman–Crippen MR) is 101 cm³/mol. The smallest absolute Gasteiger partial charge is 0.191 e. The molecule has 0 aromatic rings. The molecule has 0 saturated heterocycles. The normalized spacial score (nSPS) is 17.7. The lowest BCUT2D eigenvalue weighted by Crippen LogP contribution is -2.42. The number of hydrogen-bond donors (Lipinski definition) is 3. The zero-order chi connectivity index (χ0) is 14.8. The largest absolute Gasteiger partial charge is 0.396 e. The third-order valence-electron chi connectivity index (χ3n) is 3.89. The van der Waals surface area contributed by atoms with Crippen LogP contribution >= 0.6 is 24.0 Å². The standard InChI is InChI=1S/C16H33N3O.HI/c1-4-17-16(19-15-7-5-6-8-15)18-12-14(9-10-20)11-13(2)3;/h13-15,20H,4-12H2,1-3H3,(H2,17,18,19);1H. The Kier molecular flexibility index (Phi) is 12.5. The van der Waals surface area contributed by atoms with Crippen LogP contribution in [0.2, 0.25) is 0 Å². The van der Waals surface area contributed by atoms with Crippen LogP contribution in [0.3, 0.4) is 0 Å². The molecule has 1 aliphatic carbocycles. The highest BCUT2D eigenvalue weighted by molar-refractivity contribution is 14.0. The number of aliphatic hydroxyl groups excluding tert-OH is 1. The van der Waals surface area contributed by atoms with E-state index in [1.54, 1.807) is 0 Å². The molecule has 0 radical (unpaired) electrons. The van der Waals surface area contributed by atoms with Gasteiger partial charge >= 0.3 is 0 Å². The summed E-state index contributed by atoms with van der Waals surface area (Å²) in [5, 5.41) is 16.0. The van der Waals surface area contributed by atoms with Crippen molar-refractivity contribution >= 4 is 29.9 Å². The summed E-state index contributed by atoms with van der Waals surface area (Å²) in [5.41, 5.74) is 0. The number of aliphatic hydroxyl groups is 1. The molecule has 0 spiro atoms. The first-order valence-corrected chi connectivity index (χ1v) is 8.31. The maximum atomic E-state index is 9.17. The summed E-state index contributed by atoms with van der Waals surface area (Å²) >= 11 is 0. The number of guanidine groups is 1. The average Bonchev–Trinajstić information content (AvgIpc) is 2.88. The predicted octanol–water partition coefficient (Wildman–Crippen LogP) is 3.15. The van der Waals surface area contributed by atoms with Gasteiger partial charge in [-0.2, -0.15) is 0 Å². The van der Waals surface area contributed by atoms with Crippen molar-refractivity contribution in [2.24, 2.45) is 16.8 Å². The maximum Gasteiger partial charge on any atom is 0.191 e. The lowest BCUT2D eigenvalue weighted by Gasteiger charge is -2.19. The summed E-state index contributed by atoms with van der Waals surface area (Å²) in [5.74, 6) is 2.09. The fourth-order valence-electron chi connectivity index (χ4n) is 2.94. The highest BCUT2D eigenvalue weighted by atomic mass is 127. The summed E-state index contributed by atoms with van der Waals surface area (Å²) < 4.78 is 0. The van der Waals surface area contributed by atoms with Crippen LogP contribution < -0.4 is 10.6 Å². The zero-order valence-corrected chi connectivity index (χ0v) is 16.2. The molecule has 126 valence electrons. The Hall–Kier alpha value is -0.0400. The molecular formula is C16H34IN3O. The second-order valence-electron chi connectivity index (χ2n) is 6.35. The van der Waals surface area contributed by atoms with Crippen LogP contribution in [0, 0.1) is 11.8 Å². The molecule has 1 rings (SSSR count). The van der Waals surface area contributed by atoms with Crippen LogP contribution in [-0.2, 0) is 0 Å². The van der Waals surface area contributed by atoms with Crippen molar-refractivity contribution in [1.82, 2.24) is 10.6 Å². The summed E-state index contributed by atoms with van der Waals surface area (Å²) in [7, 11) is 0. The minimum atomic E-state index is 0. The molecule has 5 heteroatoms. The topological polar surface area (TPSA) is 56.7 Å². The van der Waals surface area contributed by atoms with Crippen molar-refractivity contribution in [3.05, 3.63) is 0 Å². The fourth-order valence-corrected chi connectivity index (χ4v) is 2.94. The second-order valence-corrected chi connectivity index (χ2v) is 6.35. The molecule has 0 amide bonds. The molecule has 1 unspecified atom stereocenters. The lowest BCUT2D eigenvalue weighted by molar-refractivity contribution is 0.245. The molecule has 21 heavy (non-hydrogen) atoms. The minimum Gasteiger partial charge on any atom is -0.396 e. The first-order chi connectivity index (χ1) is 9.65. The first-order valence-electron chi connectivity index (χ1n) is 8.31. The number of hydrogen-bond acceptors (Lipinski definition) is 2. The van der Waals surface area contributed by atoms with Crippen molar-refractivity contribution in [3.8, 4) is 0 Å². The number of nitrogens with one attached hydrogen (secondary N) is 2. The molecule has 0 bridgehead atoms. The fraction of sp³-hybridized carbons (Fsp3) is 0.938. The molecule has 0 heterocycles. The van der Waals surface area contributed by atoms with Crippen LogP contribution in [0.1, 0.15) is 59.3 Å². The summed E-state index contributed by atoms with van der Waals surface area (Å²) in [6, 6.07) is 0.592. The van der Waals surface area contributed by atoms with E-state index >= 15 is 0 Å². The minimum absolute atomic E-state index is 0. The molecule has 4 nitrogen and oxygen atoms in total. The second kappa shape index (κ2) is 12.5. The van der Waals surface area contributed by atoms with Gasteiger partial charge in [0, 0.05) is 25.7 Å². The highest BCUT2D eigenvalue weighted by Crippen LogP contribution is 2.18. The molecule has 0 aromatic carbocycles. The third-order valence-corrected chi connectivity index (χ3v) is 3.89. The number of halogens is 1. The highest BCUT2D eigenvalue weighted by Gasteiger charge is 2.16. The van der Waals surface area contributed by atoms with Crippen molar-refractivity contribution in [1.29, 1.82) is 0 Å². The van der Waals surface area contributed by atoms with Gasteiger partial charge in [-0.25, -0.2) is 0 Å². The van der Waals surface area contributed by atoms with Gasteiger partial charge in [-0.3, -0.25) is 4.99 Å². The molecule has 3 N–H and O–H groups in total. The molecule has 1 aliphatic rings. The Balaban J connectivity index is 0.00000400. The SMILES string of the molecule is CCNC(=NCC(CCO)CC(C)C)NC1CCCC1.I. The molecule has 1 saturated carbocycles. The van der Waals surface area contributed by atoms with Crippen molar-refractivity contribution < 1.29 is 5.11 Å². The van der Waals surface area contributed by atoms with E-state index in [0.717, 1.165) is 31.9 Å². The van der Waals surface area contributed by atoms with Gasteiger partial charge in [0.05, 0.1) is 0 Å². The summed E-state index contributed by atoms with van der Waals surface area (Å²) in [6.07, 6.45) is 7.17. The number of nitrogens with zero attached hydrogens (tertiary/aromatic N) is 1. The molecule has 1 fully saturated rings. The van der Waals surface area contributed by atoms with Crippen LogP contribution in [0.5, 0.6) is 0 Å². The van der Waals surface area contributed by atoms with E-state index < -0.39 is 0 Å². The van der Waals surface area contributed by atoms with Gasteiger partial charge < -0.3 is 15.7 Å². The van der Waals surface area contributed by atoms with E-state index in [0.29, 0.717) is 17.9 Å². The van der Waals surface area contributed by atoms with Gasteiger partial charge in [0.15, 0.2) is 5.96 Å². The van der Waals surface area contributed by atoms with Crippen molar-refractivity contribution in [2.75, 3.05) is 19.7 Å². The van der Waals surface area contributed by atoms with E-state index in [2.05, 4.69) is 31.4 Å². The summed E-state index contributed by atoms with van der Waals surface area (Å²) in [4.78, 5) is 4.73. The van der Waals surface area contributed by atoms with Crippen molar-refractivity contribution in [3.63, 3.8) is 0 Å². The van der Waals surface area contributed by atoms with Crippen LogP contribution in [-0.4, -0.2) is 36.8 Å². The van der Waals surface area contributed by atoms with E-state index in [9.17, 15) is 0 Å². The molecule has 0 aromatic heterocycles. The Morgan fingerprint density at radius 3 is 2.48 bits per heavy atom. The first kappa shape index (κ1) is 21.0.